The number of hydrogen-bond donors (Lipinski definition) is 0. The van der Waals surface area contributed by atoms with Crippen LogP contribution in [0.4, 0.5) is 0 Å². The van der Waals surface area contributed by atoms with E-state index in [1.807, 2.05) is 6.92 Å². The van der Waals surface area contributed by atoms with Crippen LogP contribution in [0.5, 0.6) is 0 Å². The Hall–Kier alpha value is -1.32. The second kappa shape index (κ2) is 5.58. The molecule has 1 atom stereocenters. The Bertz CT molecular complexity index is 681. The standard InChI is InChI=1S/C11H14BrN5O2S/c1-8(9-4-6-13-7-5-9)17(3)20(18,19)11-10(12)14-15-16(11)2/h4-8H,1-3H3. The lowest BCUT2D eigenvalue weighted by molar-refractivity contribution is 0.392. The Morgan fingerprint density at radius 3 is 2.45 bits per heavy atom. The normalized spacial score (nSPS) is 13.7. The van der Waals surface area contributed by atoms with Crippen LogP contribution in [0.1, 0.15) is 18.5 Å². The van der Waals surface area contributed by atoms with Crippen molar-refractivity contribution in [3.8, 4) is 0 Å². The zero-order valence-electron chi connectivity index (χ0n) is 11.2. The molecule has 1 unspecified atom stereocenters. The van der Waals surface area contributed by atoms with Gasteiger partial charge in [-0.05, 0) is 40.5 Å². The number of aryl methyl sites for hydroxylation is 1. The fourth-order valence-corrected chi connectivity index (χ4v) is 4.17. The minimum atomic E-state index is -3.70. The molecule has 2 rings (SSSR count). The SMILES string of the molecule is CC(c1ccncc1)N(C)S(=O)(=O)c1c(Br)nnn1C. The van der Waals surface area contributed by atoms with E-state index in [0.29, 0.717) is 0 Å². The van der Waals surface area contributed by atoms with Gasteiger partial charge in [0.15, 0.2) is 4.60 Å². The first kappa shape index (κ1) is 15.1. The summed E-state index contributed by atoms with van der Waals surface area (Å²) in [6.07, 6.45) is 3.27. The summed E-state index contributed by atoms with van der Waals surface area (Å²) >= 11 is 3.12. The highest BCUT2D eigenvalue weighted by Crippen LogP contribution is 2.27. The molecule has 0 spiro atoms. The molecule has 0 saturated carbocycles. The maximum absolute atomic E-state index is 12.6. The van der Waals surface area contributed by atoms with Crippen molar-refractivity contribution in [2.75, 3.05) is 7.05 Å². The fraction of sp³-hybridized carbons (Fsp3) is 0.364. The quantitative estimate of drug-likeness (QED) is 0.822. The van der Waals surface area contributed by atoms with E-state index in [2.05, 4.69) is 31.2 Å². The first-order chi connectivity index (χ1) is 9.35. The Morgan fingerprint density at radius 1 is 1.35 bits per heavy atom. The van der Waals surface area contributed by atoms with Gasteiger partial charge in [0.2, 0.25) is 5.03 Å². The Kier molecular flexibility index (Phi) is 4.21. The van der Waals surface area contributed by atoms with Gasteiger partial charge in [-0.3, -0.25) is 4.98 Å². The molecule has 0 amide bonds. The van der Waals surface area contributed by atoms with E-state index >= 15 is 0 Å². The minimum absolute atomic E-state index is 0.0286. The molecule has 0 aliphatic heterocycles. The summed E-state index contributed by atoms with van der Waals surface area (Å²) in [5.41, 5.74) is 0.859. The number of aromatic nitrogens is 4. The zero-order valence-corrected chi connectivity index (χ0v) is 13.6. The summed E-state index contributed by atoms with van der Waals surface area (Å²) < 4.78 is 28.0. The van der Waals surface area contributed by atoms with Crippen molar-refractivity contribution in [2.24, 2.45) is 7.05 Å². The average Bonchev–Trinajstić information content (AvgIpc) is 2.78. The van der Waals surface area contributed by atoms with E-state index in [0.717, 1.165) is 5.56 Å². The Morgan fingerprint density at radius 2 is 1.95 bits per heavy atom. The summed E-state index contributed by atoms with van der Waals surface area (Å²) in [4.78, 5) is 3.93. The van der Waals surface area contributed by atoms with Crippen molar-refractivity contribution in [3.63, 3.8) is 0 Å². The zero-order chi connectivity index (χ0) is 14.9. The molecule has 0 aromatic carbocycles. The van der Waals surface area contributed by atoms with Gasteiger partial charge < -0.3 is 0 Å². The van der Waals surface area contributed by atoms with Gasteiger partial charge >= 0.3 is 0 Å². The minimum Gasteiger partial charge on any atom is -0.265 e. The van der Waals surface area contributed by atoms with Gasteiger partial charge in [-0.2, -0.15) is 4.31 Å². The van der Waals surface area contributed by atoms with Crippen LogP contribution in [-0.2, 0) is 17.1 Å². The van der Waals surface area contributed by atoms with Crippen molar-refractivity contribution in [3.05, 3.63) is 34.7 Å². The van der Waals surface area contributed by atoms with Crippen molar-refractivity contribution in [1.82, 2.24) is 24.3 Å². The predicted molar refractivity (Wildman–Crippen MR) is 76.3 cm³/mol. The Labute approximate surface area is 125 Å². The number of halogens is 1. The molecule has 2 aromatic rings. The number of rotatable bonds is 4. The molecule has 7 nitrogen and oxygen atoms in total. The average molecular weight is 360 g/mol. The van der Waals surface area contributed by atoms with Gasteiger partial charge in [0, 0.05) is 32.5 Å². The van der Waals surface area contributed by atoms with Crippen LogP contribution < -0.4 is 0 Å². The van der Waals surface area contributed by atoms with Crippen LogP contribution in [-0.4, -0.2) is 39.7 Å². The highest BCUT2D eigenvalue weighted by molar-refractivity contribution is 9.10. The first-order valence-electron chi connectivity index (χ1n) is 5.79. The molecule has 20 heavy (non-hydrogen) atoms. The smallest absolute Gasteiger partial charge is 0.263 e. The maximum atomic E-state index is 12.6. The number of sulfonamides is 1. The van der Waals surface area contributed by atoms with Crippen LogP contribution in [0.25, 0.3) is 0 Å². The summed E-state index contributed by atoms with van der Waals surface area (Å²) in [5.74, 6) is 0. The Balaban J connectivity index is 2.40. The van der Waals surface area contributed by atoms with E-state index in [1.165, 1.54) is 23.1 Å². The number of hydrogen-bond acceptors (Lipinski definition) is 5. The van der Waals surface area contributed by atoms with Gasteiger partial charge in [0.1, 0.15) is 0 Å². The van der Waals surface area contributed by atoms with E-state index in [4.69, 9.17) is 0 Å². The molecule has 0 fully saturated rings. The lowest BCUT2D eigenvalue weighted by atomic mass is 10.1. The number of nitrogens with zero attached hydrogens (tertiary/aromatic N) is 5. The van der Waals surface area contributed by atoms with Crippen LogP contribution in [0.3, 0.4) is 0 Å². The van der Waals surface area contributed by atoms with Crippen LogP contribution in [0, 0.1) is 0 Å². The van der Waals surface area contributed by atoms with Crippen LogP contribution in [0.2, 0.25) is 0 Å². The van der Waals surface area contributed by atoms with E-state index in [-0.39, 0.29) is 15.7 Å². The molecule has 0 aliphatic carbocycles. The summed E-state index contributed by atoms with van der Waals surface area (Å²) in [6, 6.07) is 3.24. The second-order valence-electron chi connectivity index (χ2n) is 4.29. The summed E-state index contributed by atoms with van der Waals surface area (Å²) in [6.45, 7) is 1.81. The number of pyridine rings is 1. The van der Waals surface area contributed by atoms with E-state index in [9.17, 15) is 8.42 Å². The first-order valence-corrected chi connectivity index (χ1v) is 8.02. The monoisotopic (exact) mass is 359 g/mol. The van der Waals surface area contributed by atoms with Gasteiger partial charge in [-0.1, -0.05) is 5.21 Å². The van der Waals surface area contributed by atoms with E-state index < -0.39 is 10.0 Å². The molecule has 0 saturated heterocycles. The van der Waals surface area contributed by atoms with Gasteiger partial charge in [0.25, 0.3) is 10.0 Å². The van der Waals surface area contributed by atoms with Crippen molar-refractivity contribution < 1.29 is 8.42 Å². The summed E-state index contributed by atoms with van der Waals surface area (Å²) in [7, 11) is -0.635. The predicted octanol–water partition coefficient (Wildman–Crippen LogP) is 1.35. The van der Waals surface area contributed by atoms with Crippen molar-refractivity contribution in [2.45, 2.75) is 18.0 Å². The van der Waals surface area contributed by atoms with Gasteiger partial charge in [0.05, 0.1) is 0 Å². The molecule has 0 aliphatic rings. The third-order valence-electron chi connectivity index (χ3n) is 3.09. The summed E-state index contributed by atoms with van der Waals surface area (Å²) in [5, 5.41) is 7.44. The molecular weight excluding hydrogens is 346 g/mol. The topological polar surface area (TPSA) is 81.0 Å². The lowest BCUT2D eigenvalue weighted by Gasteiger charge is -2.24. The second-order valence-corrected chi connectivity index (χ2v) is 6.95. The third kappa shape index (κ3) is 2.60. The van der Waals surface area contributed by atoms with E-state index in [1.54, 1.807) is 24.5 Å². The molecule has 0 radical (unpaired) electrons. The lowest BCUT2D eigenvalue weighted by Crippen LogP contribution is -2.31. The molecular formula is C11H14BrN5O2S. The van der Waals surface area contributed by atoms with Gasteiger partial charge in [-0.15, -0.1) is 5.10 Å². The molecule has 2 heterocycles. The van der Waals surface area contributed by atoms with Crippen LogP contribution in [0.15, 0.2) is 34.2 Å². The third-order valence-corrected chi connectivity index (χ3v) is 5.91. The molecule has 0 bridgehead atoms. The van der Waals surface area contributed by atoms with Crippen LogP contribution >= 0.6 is 15.9 Å². The fourth-order valence-electron chi connectivity index (χ4n) is 1.79. The highest BCUT2D eigenvalue weighted by Gasteiger charge is 2.31. The van der Waals surface area contributed by atoms with Crippen molar-refractivity contribution >= 4 is 26.0 Å². The molecule has 9 heteroatoms. The molecule has 2 aromatic heterocycles. The molecule has 108 valence electrons. The van der Waals surface area contributed by atoms with Gasteiger partial charge in [-0.25, -0.2) is 13.1 Å². The highest BCUT2D eigenvalue weighted by atomic mass is 79.9. The largest absolute Gasteiger partial charge is 0.265 e. The molecule has 0 N–H and O–H groups in total. The maximum Gasteiger partial charge on any atom is 0.263 e. The van der Waals surface area contributed by atoms with Crippen molar-refractivity contribution in [1.29, 1.82) is 0 Å².